The zero-order valence-electron chi connectivity index (χ0n) is 11.5. The number of aliphatic hydroxyl groups is 1. The monoisotopic (exact) mass is 277 g/mol. The summed E-state index contributed by atoms with van der Waals surface area (Å²) in [4.78, 5) is 0. The van der Waals surface area contributed by atoms with Crippen molar-refractivity contribution in [2.24, 2.45) is 11.3 Å². The third-order valence-electron chi connectivity index (χ3n) is 4.73. The SMILES string of the molecule is CCC1CCC(C#N)(C(C)(O)c2cccc(Cl)c2)C1. The molecule has 2 nitrogen and oxygen atoms in total. The number of halogens is 1. The van der Waals surface area contributed by atoms with E-state index in [1.54, 1.807) is 19.1 Å². The summed E-state index contributed by atoms with van der Waals surface area (Å²) >= 11 is 6.01. The van der Waals surface area contributed by atoms with Gasteiger partial charge in [-0.25, -0.2) is 0 Å². The average molecular weight is 278 g/mol. The highest BCUT2D eigenvalue weighted by atomic mass is 35.5. The minimum absolute atomic E-state index is 0.533. The molecular weight excluding hydrogens is 258 g/mol. The molecule has 0 aliphatic heterocycles. The molecule has 1 aromatic rings. The first-order chi connectivity index (χ1) is 8.95. The van der Waals surface area contributed by atoms with E-state index in [2.05, 4.69) is 13.0 Å². The fourth-order valence-electron chi connectivity index (χ4n) is 3.22. The molecule has 1 aromatic carbocycles. The van der Waals surface area contributed by atoms with Crippen LogP contribution in [0.2, 0.25) is 5.02 Å². The number of nitriles is 1. The molecule has 102 valence electrons. The Kier molecular flexibility index (Phi) is 3.90. The van der Waals surface area contributed by atoms with E-state index in [1.165, 1.54) is 0 Å². The first-order valence-electron chi connectivity index (χ1n) is 6.85. The van der Waals surface area contributed by atoms with E-state index in [9.17, 15) is 10.4 Å². The molecule has 1 saturated carbocycles. The van der Waals surface area contributed by atoms with Crippen molar-refractivity contribution in [2.45, 2.75) is 45.1 Å². The van der Waals surface area contributed by atoms with Gasteiger partial charge in [0.25, 0.3) is 0 Å². The van der Waals surface area contributed by atoms with E-state index in [-0.39, 0.29) is 0 Å². The Bertz CT molecular complexity index is 506. The Morgan fingerprint density at radius 2 is 2.32 bits per heavy atom. The fraction of sp³-hybridized carbons (Fsp3) is 0.562. The summed E-state index contributed by atoms with van der Waals surface area (Å²) in [6.45, 7) is 3.89. The van der Waals surface area contributed by atoms with Crippen LogP contribution in [0.15, 0.2) is 24.3 Å². The zero-order valence-corrected chi connectivity index (χ0v) is 12.2. The molecule has 0 amide bonds. The second kappa shape index (κ2) is 5.15. The topological polar surface area (TPSA) is 44.0 Å². The van der Waals surface area contributed by atoms with Crippen LogP contribution in [0.5, 0.6) is 0 Å². The van der Waals surface area contributed by atoms with Crippen LogP contribution in [-0.2, 0) is 5.60 Å². The third-order valence-corrected chi connectivity index (χ3v) is 4.96. The van der Waals surface area contributed by atoms with Gasteiger partial charge in [-0.05, 0) is 49.8 Å². The van der Waals surface area contributed by atoms with Gasteiger partial charge in [-0.2, -0.15) is 5.26 Å². The quantitative estimate of drug-likeness (QED) is 0.897. The van der Waals surface area contributed by atoms with Crippen LogP contribution in [0.3, 0.4) is 0 Å². The predicted octanol–water partition coefficient (Wildman–Crippen LogP) is 4.27. The lowest BCUT2D eigenvalue weighted by atomic mass is 9.68. The molecule has 0 spiro atoms. The summed E-state index contributed by atoms with van der Waals surface area (Å²) in [5.41, 5.74) is -1.12. The fourth-order valence-corrected chi connectivity index (χ4v) is 3.41. The molecular formula is C16H20ClNO. The van der Waals surface area contributed by atoms with Crippen molar-refractivity contribution in [3.05, 3.63) is 34.9 Å². The van der Waals surface area contributed by atoms with Gasteiger partial charge in [0.2, 0.25) is 0 Å². The van der Waals surface area contributed by atoms with Crippen molar-refractivity contribution in [2.75, 3.05) is 0 Å². The van der Waals surface area contributed by atoms with Gasteiger partial charge in [0.1, 0.15) is 5.60 Å². The van der Waals surface area contributed by atoms with Crippen molar-refractivity contribution in [1.82, 2.24) is 0 Å². The Morgan fingerprint density at radius 3 is 2.84 bits per heavy atom. The molecule has 3 heteroatoms. The minimum atomic E-state index is -1.16. The van der Waals surface area contributed by atoms with Crippen LogP contribution in [0, 0.1) is 22.7 Å². The summed E-state index contributed by atoms with van der Waals surface area (Å²) in [6, 6.07) is 9.63. The molecule has 0 bridgehead atoms. The van der Waals surface area contributed by atoms with E-state index >= 15 is 0 Å². The average Bonchev–Trinajstić information content (AvgIpc) is 2.84. The summed E-state index contributed by atoms with van der Waals surface area (Å²) in [6.07, 6.45) is 3.59. The maximum Gasteiger partial charge on any atom is 0.105 e. The first kappa shape index (κ1) is 14.4. The molecule has 2 rings (SSSR count). The van der Waals surface area contributed by atoms with Crippen molar-refractivity contribution in [1.29, 1.82) is 5.26 Å². The molecule has 1 aliphatic carbocycles. The highest BCUT2D eigenvalue weighted by molar-refractivity contribution is 6.30. The second-order valence-corrected chi connectivity index (χ2v) is 6.23. The van der Waals surface area contributed by atoms with Gasteiger partial charge in [0.15, 0.2) is 0 Å². The number of nitrogens with zero attached hydrogens (tertiary/aromatic N) is 1. The number of hydrogen-bond donors (Lipinski definition) is 1. The van der Waals surface area contributed by atoms with Crippen LogP contribution >= 0.6 is 11.6 Å². The Balaban J connectivity index is 2.40. The predicted molar refractivity (Wildman–Crippen MR) is 76.7 cm³/mol. The van der Waals surface area contributed by atoms with Crippen LogP contribution in [-0.4, -0.2) is 5.11 Å². The largest absolute Gasteiger partial charge is 0.384 e. The van der Waals surface area contributed by atoms with Gasteiger partial charge in [-0.15, -0.1) is 0 Å². The molecule has 1 aliphatic rings. The number of rotatable bonds is 3. The van der Waals surface area contributed by atoms with Crippen molar-refractivity contribution >= 4 is 11.6 Å². The van der Waals surface area contributed by atoms with Crippen LogP contribution in [0.4, 0.5) is 0 Å². The van der Waals surface area contributed by atoms with Crippen molar-refractivity contribution in [3.63, 3.8) is 0 Å². The lowest BCUT2D eigenvalue weighted by Gasteiger charge is -2.38. The minimum Gasteiger partial charge on any atom is -0.384 e. The van der Waals surface area contributed by atoms with Gasteiger partial charge in [-0.3, -0.25) is 0 Å². The van der Waals surface area contributed by atoms with Gasteiger partial charge >= 0.3 is 0 Å². The highest BCUT2D eigenvalue weighted by Gasteiger charge is 2.52. The highest BCUT2D eigenvalue weighted by Crippen LogP contribution is 2.53. The van der Waals surface area contributed by atoms with E-state index < -0.39 is 11.0 Å². The maximum atomic E-state index is 11.0. The number of hydrogen-bond acceptors (Lipinski definition) is 2. The van der Waals surface area contributed by atoms with Crippen molar-refractivity contribution in [3.8, 4) is 6.07 Å². The van der Waals surface area contributed by atoms with Gasteiger partial charge in [-0.1, -0.05) is 37.1 Å². The molecule has 1 N–H and O–H groups in total. The molecule has 0 aromatic heterocycles. The van der Waals surface area contributed by atoms with E-state index in [0.717, 1.165) is 31.2 Å². The van der Waals surface area contributed by atoms with E-state index in [4.69, 9.17) is 11.6 Å². The third kappa shape index (κ3) is 2.38. The lowest BCUT2D eigenvalue weighted by molar-refractivity contribution is -0.0442. The standard InChI is InChI=1S/C16H20ClNO/c1-3-12-7-8-16(10-12,11-18)15(2,19)13-5-4-6-14(17)9-13/h4-6,9,12,19H,3,7-8,10H2,1-2H3. The smallest absolute Gasteiger partial charge is 0.105 e. The molecule has 3 atom stereocenters. The number of benzene rings is 1. The summed E-state index contributed by atoms with van der Waals surface area (Å²) in [7, 11) is 0. The van der Waals surface area contributed by atoms with Gasteiger partial charge in [0, 0.05) is 5.02 Å². The van der Waals surface area contributed by atoms with Crippen LogP contribution < -0.4 is 0 Å². The molecule has 0 saturated heterocycles. The summed E-state index contributed by atoms with van der Waals surface area (Å²) in [5, 5.41) is 21.2. The Morgan fingerprint density at radius 1 is 1.58 bits per heavy atom. The normalized spacial score (nSPS) is 29.7. The summed E-state index contributed by atoms with van der Waals surface area (Å²) in [5.74, 6) is 0.533. The molecule has 0 radical (unpaired) electrons. The van der Waals surface area contributed by atoms with E-state index in [0.29, 0.717) is 10.9 Å². The molecule has 0 heterocycles. The lowest BCUT2D eigenvalue weighted by Crippen LogP contribution is -2.41. The Labute approximate surface area is 120 Å². The second-order valence-electron chi connectivity index (χ2n) is 5.79. The van der Waals surface area contributed by atoms with Gasteiger partial charge < -0.3 is 5.11 Å². The van der Waals surface area contributed by atoms with Crippen LogP contribution in [0.1, 0.15) is 45.1 Å². The van der Waals surface area contributed by atoms with Crippen LogP contribution in [0.25, 0.3) is 0 Å². The molecule has 19 heavy (non-hydrogen) atoms. The van der Waals surface area contributed by atoms with Gasteiger partial charge in [0.05, 0.1) is 11.5 Å². The molecule has 1 fully saturated rings. The maximum absolute atomic E-state index is 11.0. The van der Waals surface area contributed by atoms with Crippen molar-refractivity contribution < 1.29 is 5.11 Å². The first-order valence-corrected chi connectivity index (χ1v) is 7.22. The summed E-state index contributed by atoms with van der Waals surface area (Å²) < 4.78 is 0. The van der Waals surface area contributed by atoms with E-state index in [1.807, 2.05) is 12.1 Å². The Hall–Kier alpha value is -1.04. The zero-order chi connectivity index (χ0) is 14.1. The molecule has 3 unspecified atom stereocenters.